The lowest BCUT2D eigenvalue weighted by Gasteiger charge is -2.07. The van der Waals surface area contributed by atoms with Crippen molar-refractivity contribution in [3.8, 4) is 0 Å². The summed E-state index contributed by atoms with van der Waals surface area (Å²) in [5, 5.41) is 7.01. The molecular weight excluding hydrogens is 196 g/mol. The molecule has 0 saturated heterocycles. The van der Waals surface area contributed by atoms with E-state index in [-0.39, 0.29) is 0 Å². The van der Waals surface area contributed by atoms with E-state index in [1.807, 2.05) is 0 Å². The Labute approximate surface area is 86.6 Å². The third kappa shape index (κ3) is 2.46. The smallest absolute Gasteiger partial charge is 0.322 e. The Morgan fingerprint density at radius 3 is 2.53 bits per heavy atom. The molecule has 5 nitrogen and oxygen atoms in total. The zero-order valence-corrected chi connectivity index (χ0v) is 8.14. The van der Waals surface area contributed by atoms with E-state index in [0.29, 0.717) is 5.56 Å². The highest BCUT2D eigenvalue weighted by atomic mass is 16.5. The van der Waals surface area contributed by atoms with Crippen molar-refractivity contribution >= 4 is 18.0 Å². The van der Waals surface area contributed by atoms with Gasteiger partial charge in [0.2, 0.25) is 0 Å². The van der Waals surface area contributed by atoms with Crippen LogP contribution in [0.2, 0.25) is 0 Å². The minimum atomic E-state index is -1.17. The van der Waals surface area contributed by atoms with Gasteiger partial charge in [0.25, 0.3) is 0 Å². The summed E-state index contributed by atoms with van der Waals surface area (Å²) >= 11 is 0. The van der Waals surface area contributed by atoms with E-state index >= 15 is 0 Å². The van der Waals surface area contributed by atoms with Crippen molar-refractivity contribution in [1.29, 1.82) is 5.41 Å². The highest BCUT2D eigenvalue weighted by Gasteiger charge is 2.26. The lowest BCUT2D eigenvalue weighted by atomic mass is 10.00. The van der Waals surface area contributed by atoms with Crippen LogP contribution in [0.15, 0.2) is 24.5 Å². The number of ether oxygens (including phenoxy) is 1. The van der Waals surface area contributed by atoms with Crippen LogP contribution in [0.4, 0.5) is 0 Å². The molecule has 78 valence electrons. The summed E-state index contributed by atoms with van der Waals surface area (Å²) in [6.07, 6.45) is 3.67. The summed E-state index contributed by atoms with van der Waals surface area (Å²) < 4.78 is 4.42. The third-order valence-corrected chi connectivity index (χ3v) is 1.87. The van der Waals surface area contributed by atoms with Gasteiger partial charge in [0.1, 0.15) is 0 Å². The zero-order chi connectivity index (χ0) is 11.3. The largest absolute Gasteiger partial charge is 0.468 e. The minimum absolute atomic E-state index is 0.337. The summed E-state index contributed by atoms with van der Waals surface area (Å²) in [5.74, 6) is -2.36. The van der Waals surface area contributed by atoms with Crippen molar-refractivity contribution in [3.63, 3.8) is 0 Å². The highest BCUT2D eigenvalue weighted by molar-refractivity contribution is 6.17. The van der Waals surface area contributed by atoms with Crippen molar-refractivity contribution in [2.45, 2.75) is 0 Å². The Hall–Kier alpha value is -2.04. The van der Waals surface area contributed by atoms with E-state index in [1.54, 1.807) is 0 Å². The van der Waals surface area contributed by atoms with Crippen LogP contribution in [-0.2, 0) is 9.53 Å². The fourth-order valence-corrected chi connectivity index (χ4v) is 1.07. The summed E-state index contributed by atoms with van der Waals surface area (Å²) in [7, 11) is 1.18. The standard InChI is InChI=1S/C10H10N2O3/c1-15-10(14)8(6-11)9(13)7-2-4-12-5-3-7/h2-6,8,11H,1H3/t8-/m0/s1. The second-order valence-electron chi connectivity index (χ2n) is 2.77. The van der Waals surface area contributed by atoms with E-state index in [9.17, 15) is 9.59 Å². The number of aromatic nitrogens is 1. The Balaban J connectivity index is 2.92. The maximum Gasteiger partial charge on any atom is 0.322 e. The molecule has 0 spiro atoms. The monoisotopic (exact) mass is 206 g/mol. The second kappa shape index (κ2) is 4.99. The lowest BCUT2D eigenvalue weighted by Crippen LogP contribution is -2.26. The first-order chi connectivity index (χ1) is 7.20. The van der Waals surface area contributed by atoms with Gasteiger partial charge in [-0.25, -0.2) is 0 Å². The molecule has 0 bridgehead atoms. The first kappa shape index (κ1) is 11.0. The molecule has 0 amide bonds. The van der Waals surface area contributed by atoms with E-state index in [0.717, 1.165) is 6.21 Å². The van der Waals surface area contributed by atoms with Gasteiger partial charge in [-0.05, 0) is 12.1 Å². The normalized spacial score (nSPS) is 11.5. The molecule has 1 rings (SSSR count). The van der Waals surface area contributed by atoms with Crippen LogP contribution in [-0.4, -0.2) is 30.1 Å². The van der Waals surface area contributed by atoms with Gasteiger partial charge < -0.3 is 10.1 Å². The molecule has 1 N–H and O–H groups in total. The summed E-state index contributed by atoms with van der Waals surface area (Å²) in [6.45, 7) is 0. The number of pyridine rings is 1. The molecule has 0 aliphatic rings. The molecule has 0 radical (unpaired) electrons. The van der Waals surface area contributed by atoms with Crippen LogP contribution in [0.3, 0.4) is 0 Å². The molecule has 15 heavy (non-hydrogen) atoms. The number of nitrogens with one attached hydrogen (secondary N) is 1. The topological polar surface area (TPSA) is 80.1 Å². The van der Waals surface area contributed by atoms with Crippen LogP contribution in [0.1, 0.15) is 10.4 Å². The Morgan fingerprint density at radius 2 is 2.07 bits per heavy atom. The average Bonchev–Trinajstić information content (AvgIpc) is 2.30. The predicted octanol–water partition coefficient (Wildman–Crippen LogP) is 0.703. The number of esters is 1. The average molecular weight is 206 g/mol. The van der Waals surface area contributed by atoms with Crippen LogP contribution >= 0.6 is 0 Å². The number of methoxy groups -OCH3 is 1. The van der Waals surface area contributed by atoms with E-state index in [4.69, 9.17) is 5.41 Å². The van der Waals surface area contributed by atoms with Crippen LogP contribution < -0.4 is 0 Å². The van der Waals surface area contributed by atoms with Gasteiger partial charge in [0, 0.05) is 24.2 Å². The van der Waals surface area contributed by atoms with Gasteiger partial charge in [0.15, 0.2) is 11.7 Å². The summed E-state index contributed by atoms with van der Waals surface area (Å²) in [6, 6.07) is 2.98. The fourth-order valence-electron chi connectivity index (χ4n) is 1.07. The van der Waals surface area contributed by atoms with Crippen molar-refractivity contribution < 1.29 is 14.3 Å². The van der Waals surface area contributed by atoms with Gasteiger partial charge in [0.05, 0.1) is 7.11 Å². The number of nitrogens with zero attached hydrogens (tertiary/aromatic N) is 1. The van der Waals surface area contributed by atoms with Gasteiger partial charge in [-0.1, -0.05) is 0 Å². The van der Waals surface area contributed by atoms with Crippen molar-refractivity contribution in [2.75, 3.05) is 7.11 Å². The molecule has 0 saturated carbocycles. The molecule has 1 aromatic rings. The van der Waals surface area contributed by atoms with Crippen LogP contribution in [0.25, 0.3) is 0 Å². The zero-order valence-electron chi connectivity index (χ0n) is 8.14. The van der Waals surface area contributed by atoms with Crippen LogP contribution in [0.5, 0.6) is 0 Å². The predicted molar refractivity (Wildman–Crippen MR) is 52.9 cm³/mol. The number of carbonyl (C=O) groups is 2. The number of carbonyl (C=O) groups excluding carboxylic acids is 2. The van der Waals surface area contributed by atoms with E-state index in [2.05, 4.69) is 9.72 Å². The van der Waals surface area contributed by atoms with Gasteiger partial charge >= 0.3 is 5.97 Å². The van der Waals surface area contributed by atoms with Crippen molar-refractivity contribution in [3.05, 3.63) is 30.1 Å². The van der Waals surface area contributed by atoms with Gasteiger partial charge in [-0.2, -0.15) is 0 Å². The Bertz CT molecular complexity index is 376. The van der Waals surface area contributed by atoms with Gasteiger partial charge in [-0.15, -0.1) is 0 Å². The molecule has 0 aliphatic carbocycles. The molecule has 1 aromatic heterocycles. The first-order valence-electron chi connectivity index (χ1n) is 4.23. The first-order valence-corrected chi connectivity index (χ1v) is 4.23. The number of rotatable bonds is 4. The Kier molecular flexibility index (Phi) is 3.68. The second-order valence-corrected chi connectivity index (χ2v) is 2.77. The molecule has 1 atom stereocenters. The SMILES string of the molecule is COC(=O)[C@@H](C=N)C(=O)c1ccncc1. The number of hydrogen-bond acceptors (Lipinski definition) is 5. The number of Topliss-reactive ketones (excluding diaryl/α,β-unsaturated/α-hetero) is 1. The number of ketones is 1. The highest BCUT2D eigenvalue weighted by Crippen LogP contribution is 2.07. The summed E-state index contributed by atoms with van der Waals surface area (Å²) in [5.41, 5.74) is 0.337. The molecule has 5 heteroatoms. The minimum Gasteiger partial charge on any atom is -0.468 e. The van der Waals surface area contributed by atoms with Crippen LogP contribution in [0, 0.1) is 11.3 Å². The quantitative estimate of drug-likeness (QED) is 0.340. The molecule has 1 heterocycles. The van der Waals surface area contributed by atoms with Crippen molar-refractivity contribution in [2.24, 2.45) is 5.92 Å². The Morgan fingerprint density at radius 1 is 1.47 bits per heavy atom. The van der Waals surface area contributed by atoms with E-state index in [1.165, 1.54) is 31.6 Å². The molecule has 0 fully saturated rings. The molecule has 0 aliphatic heterocycles. The summed E-state index contributed by atoms with van der Waals surface area (Å²) in [4.78, 5) is 26.6. The fraction of sp³-hybridized carbons (Fsp3) is 0.200. The van der Waals surface area contributed by atoms with Crippen molar-refractivity contribution in [1.82, 2.24) is 4.98 Å². The lowest BCUT2D eigenvalue weighted by molar-refractivity contribution is -0.141. The number of hydrogen-bond donors (Lipinski definition) is 1. The molecule has 0 unspecified atom stereocenters. The van der Waals surface area contributed by atoms with E-state index < -0.39 is 17.7 Å². The maximum absolute atomic E-state index is 11.7. The van der Waals surface area contributed by atoms with Gasteiger partial charge in [-0.3, -0.25) is 14.6 Å². The third-order valence-electron chi connectivity index (χ3n) is 1.87. The molecule has 0 aromatic carbocycles. The maximum atomic E-state index is 11.7. The molecular formula is C10H10N2O3.